The number of halogens is 1. The van der Waals surface area contributed by atoms with Gasteiger partial charge in [-0.15, -0.1) is 5.10 Å². The zero-order valence-electron chi connectivity index (χ0n) is 18.0. The third kappa shape index (κ3) is 4.41. The van der Waals surface area contributed by atoms with Crippen LogP contribution in [-0.2, 0) is 4.79 Å². The van der Waals surface area contributed by atoms with Gasteiger partial charge in [0.1, 0.15) is 5.82 Å². The first-order valence-corrected chi connectivity index (χ1v) is 11.0. The van der Waals surface area contributed by atoms with Crippen molar-refractivity contribution < 1.29 is 14.0 Å². The zero-order chi connectivity index (χ0) is 22.8. The van der Waals surface area contributed by atoms with Gasteiger partial charge in [0, 0.05) is 38.6 Å². The van der Waals surface area contributed by atoms with Gasteiger partial charge in [0.25, 0.3) is 5.91 Å². The molecule has 0 saturated carbocycles. The van der Waals surface area contributed by atoms with Gasteiger partial charge in [-0.1, -0.05) is 12.1 Å². The molecule has 2 amide bonds. The van der Waals surface area contributed by atoms with Crippen LogP contribution in [0.15, 0.2) is 55.0 Å². The molecule has 0 bridgehead atoms. The van der Waals surface area contributed by atoms with Crippen molar-refractivity contribution in [2.24, 2.45) is 5.92 Å². The average molecular weight is 449 g/mol. The molecule has 4 heterocycles. The van der Waals surface area contributed by atoms with Gasteiger partial charge in [-0.2, -0.15) is 10.2 Å². The SMILES string of the molecule is O=C(Nc1cnn(C2CCN(C(=O)c3ccccc3F)CC2)c1)C1CN(c2cccnn2)C1. The first-order chi connectivity index (χ1) is 16.1. The molecule has 1 N–H and O–H groups in total. The summed E-state index contributed by atoms with van der Waals surface area (Å²) in [4.78, 5) is 28.8. The molecule has 5 rings (SSSR count). The Bertz CT molecular complexity index is 1140. The molecule has 0 aliphatic carbocycles. The van der Waals surface area contributed by atoms with E-state index in [4.69, 9.17) is 0 Å². The van der Waals surface area contributed by atoms with E-state index in [0.29, 0.717) is 44.7 Å². The smallest absolute Gasteiger partial charge is 0.256 e. The van der Waals surface area contributed by atoms with Crippen LogP contribution in [0.2, 0.25) is 0 Å². The molecule has 0 unspecified atom stereocenters. The molecule has 2 saturated heterocycles. The number of anilines is 2. The van der Waals surface area contributed by atoms with Crippen LogP contribution in [-0.4, -0.2) is 62.9 Å². The van der Waals surface area contributed by atoms with Crippen LogP contribution in [0, 0.1) is 11.7 Å². The Balaban J connectivity index is 1.12. The maximum absolute atomic E-state index is 13.9. The van der Waals surface area contributed by atoms with E-state index >= 15 is 0 Å². The van der Waals surface area contributed by atoms with Gasteiger partial charge in [0.2, 0.25) is 5.91 Å². The molecule has 2 aromatic heterocycles. The fourth-order valence-electron chi connectivity index (χ4n) is 4.28. The van der Waals surface area contributed by atoms with Crippen molar-refractivity contribution in [1.29, 1.82) is 0 Å². The second-order valence-corrected chi connectivity index (χ2v) is 8.39. The highest BCUT2D eigenvalue weighted by Gasteiger charge is 2.34. The molecule has 2 aliphatic heterocycles. The molecular weight excluding hydrogens is 425 g/mol. The molecule has 9 nitrogen and oxygen atoms in total. The van der Waals surface area contributed by atoms with Crippen LogP contribution in [0.25, 0.3) is 0 Å². The summed E-state index contributed by atoms with van der Waals surface area (Å²) in [5.41, 5.74) is 0.761. The summed E-state index contributed by atoms with van der Waals surface area (Å²) in [6.45, 7) is 2.26. The minimum absolute atomic E-state index is 0.0417. The highest BCUT2D eigenvalue weighted by Crippen LogP contribution is 2.26. The van der Waals surface area contributed by atoms with Crippen LogP contribution in [0.4, 0.5) is 15.9 Å². The van der Waals surface area contributed by atoms with E-state index in [-0.39, 0.29) is 29.3 Å². The van der Waals surface area contributed by atoms with E-state index < -0.39 is 5.82 Å². The second-order valence-electron chi connectivity index (χ2n) is 8.39. The number of aromatic nitrogens is 4. The summed E-state index contributed by atoms with van der Waals surface area (Å²) < 4.78 is 15.8. The normalized spacial score (nSPS) is 17.0. The summed E-state index contributed by atoms with van der Waals surface area (Å²) >= 11 is 0. The fraction of sp³-hybridized carbons (Fsp3) is 0.348. The Morgan fingerprint density at radius 2 is 1.85 bits per heavy atom. The molecule has 3 aromatic rings. The van der Waals surface area contributed by atoms with Gasteiger partial charge >= 0.3 is 0 Å². The lowest BCUT2D eigenvalue weighted by atomic mass is 9.99. The lowest BCUT2D eigenvalue weighted by Gasteiger charge is -2.38. The third-order valence-electron chi connectivity index (χ3n) is 6.23. The number of carbonyl (C=O) groups excluding carboxylic acids is 2. The molecule has 2 fully saturated rings. The van der Waals surface area contributed by atoms with Crippen LogP contribution in [0.3, 0.4) is 0 Å². The Hall–Kier alpha value is -3.82. The van der Waals surface area contributed by atoms with E-state index in [1.807, 2.05) is 27.9 Å². The topological polar surface area (TPSA) is 96.2 Å². The Morgan fingerprint density at radius 1 is 1.06 bits per heavy atom. The monoisotopic (exact) mass is 449 g/mol. The summed E-state index contributed by atoms with van der Waals surface area (Å²) in [6, 6.07) is 9.88. The average Bonchev–Trinajstić information content (AvgIpc) is 3.27. The summed E-state index contributed by atoms with van der Waals surface area (Å²) in [5, 5.41) is 15.3. The molecule has 1 aromatic carbocycles. The standard InChI is InChI=1S/C23H24FN7O2/c24-20-5-2-1-4-19(20)23(33)29-10-7-18(8-11-29)31-15-17(12-26-31)27-22(32)16-13-30(14-16)21-6-3-9-25-28-21/h1-6,9,12,15-16,18H,7-8,10-11,13-14H2,(H,27,32). The lowest BCUT2D eigenvalue weighted by Crippen LogP contribution is -2.52. The number of nitrogens with zero attached hydrogens (tertiary/aromatic N) is 6. The van der Waals surface area contributed by atoms with Crippen molar-refractivity contribution in [2.45, 2.75) is 18.9 Å². The van der Waals surface area contributed by atoms with E-state index in [1.54, 1.807) is 29.4 Å². The van der Waals surface area contributed by atoms with Gasteiger partial charge < -0.3 is 15.1 Å². The quantitative estimate of drug-likeness (QED) is 0.643. The van der Waals surface area contributed by atoms with Crippen molar-refractivity contribution in [3.05, 3.63) is 66.4 Å². The first kappa shape index (κ1) is 21.0. The summed E-state index contributed by atoms with van der Waals surface area (Å²) in [7, 11) is 0. The number of hydrogen-bond acceptors (Lipinski definition) is 6. The van der Waals surface area contributed by atoms with Crippen LogP contribution in [0.1, 0.15) is 29.2 Å². The van der Waals surface area contributed by atoms with Gasteiger partial charge in [0.15, 0.2) is 5.82 Å². The molecule has 2 aliphatic rings. The fourth-order valence-corrected chi connectivity index (χ4v) is 4.28. The van der Waals surface area contributed by atoms with E-state index in [9.17, 15) is 14.0 Å². The molecule has 0 atom stereocenters. The molecule has 33 heavy (non-hydrogen) atoms. The summed E-state index contributed by atoms with van der Waals surface area (Å²) in [5.74, 6) is -0.156. The molecular formula is C23H24FN7O2. The van der Waals surface area contributed by atoms with Gasteiger partial charge in [-0.25, -0.2) is 4.39 Å². The van der Waals surface area contributed by atoms with Crippen molar-refractivity contribution in [1.82, 2.24) is 24.9 Å². The number of nitrogens with one attached hydrogen (secondary N) is 1. The van der Waals surface area contributed by atoms with Crippen molar-refractivity contribution in [3.8, 4) is 0 Å². The number of carbonyl (C=O) groups is 2. The number of piperidine rings is 1. The maximum atomic E-state index is 13.9. The minimum atomic E-state index is -0.497. The Kier molecular flexibility index (Phi) is 5.72. The number of likely N-dealkylation sites (tertiary alicyclic amines) is 1. The predicted octanol–water partition coefficient (Wildman–Crippen LogP) is 2.36. The largest absolute Gasteiger partial charge is 0.353 e. The van der Waals surface area contributed by atoms with Gasteiger partial charge in [-0.3, -0.25) is 14.3 Å². The first-order valence-electron chi connectivity index (χ1n) is 11.0. The van der Waals surface area contributed by atoms with E-state index in [1.165, 1.54) is 12.1 Å². The van der Waals surface area contributed by atoms with Gasteiger partial charge in [0.05, 0.1) is 29.4 Å². The lowest BCUT2D eigenvalue weighted by molar-refractivity contribution is -0.120. The molecule has 170 valence electrons. The Morgan fingerprint density at radius 3 is 2.58 bits per heavy atom. The highest BCUT2D eigenvalue weighted by atomic mass is 19.1. The number of benzene rings is 1. The van der Waals surface area contributed by atoms with Crippen LogP contribution < -0.4 is 10.2 Å². The minimum Gasteiger partial charge on any atom is -0.353 e. The maximum Gasteiger partial charge on any atom is 0.256 e. The zero-order valence-corrected chi connectivity index (χ0v) is 18.0. The molecule has 0 radical (unpaired) electrons. The number of rotatable bonds is 5. The van der Waals surface area contributed by atoms with Crippen molar-refractivity contribution in [2.75, 3.05) is 36.4 Å². The summed E-state index contributed by atoms with van der Waals surface area (Å²) in [6.07, 6.45) is 6.52. The molecule has 0 spiro atoms. The molecule has 10 heteroatoms. The van der Waals surface area contributed by atoms with Gasteiger partial charge in [-0.05, 0) is 37.1 Å². The second kappa shape index (κ2) is 8.97. The number of hydrogen-bond donors (Lipinski definition) is 1. The predicted molar refractivity (Wildman–Crippen MR) is 119 cm³/mol. The number of amides is 2. The van der Waals surface area contributed by atoms with Crippen molar-refractivity contribution >= 4 is 23.3 Å². The third-order valence-corrected chi connectivity index (χ3v) is 6.23. The van der Waals surface area contributed by atoms with Crippen LogP contribution in [0.5, 0.6) is 0 Å². The van der Waals surface area contributed by atoms with E-state index in [2.05, 4.69) is 20.6 Å². The highest BCUT2D eigenvalue weighted by molar-refractivity contribution is 5.95. The van der Waals surface area contributed by atoms with E-state index in [0.717, 1.165) is 5.82 Å². The van der Waals surface area contributed by atoms with Crippen molar-refractivity contribution in [3.63, 3.8) is 0 Å². The van der Waals surface area contributed by atoms with Crippen LogP contribution >= 0.6 is 0 Å². The Labute approximate surface area is 190 Å².